The van der Waals surface area contributed by atoms with Gasteiger partial charge in [0, 0.05) is 11.1 Å². The Hall–Kier alpha value is -0.730. The lowest BCUT2D eigenvalue weighted by Gasteiger charge is -2.25. The molecule has 1 heterocycles. The number of benzene rings is 1. The Bertz CT molecular complexity index is 606. The molecule has 0 radical (unpaired) electrons. The van der Waals surface area contributed by atoms with E-state index in [4.69, 9.17) is 23.2 Å². The summed E-state index contributed by atoms with van der Waals surface area (Å²) >= 11 is 12.3. The van der Waals surface area contributed by atoms with Crippen molar-refractivity contribution in [3.8, 4) is 0 Å². The standard InChI is InChI=1S/C16H20Cl2N2/c1-11-5-3-2-4-6-14(11)20-15-9-12(18)7-8-13(15)19-16(20)10-17/h7-9,11,14H,2-6,10H2,1H3. The zero-order valence-electron chi connectivity index (χ0n) is 11.8. The van der Waals surface area contributed by atoms with Gasteiger partial charge in [-0.15, -0.1) is 11.6 Å². The first-order valence-electron chi connectivity index (χ1n) is 7.43. The molecule has 108 valence electrons. The van der Waals surface area contributed by atoms with Gasteiger partial charge in [0.1, 0.15) is 5.82 Å². The molecule has 2 unspecified atom stereocenters. The molecule has 0 aliphatic heterocycles. The first kappa shape index (κ1) is 14.2. The van der Waals surface area contributed by atoms with E-state index in [1.807, 2.05) is 18.2 Å². The van der Waals surface area contributed by atoms with Crippen molar-refractivity contribution in [1.29, 1.82) is 0 Å². The highest BCUT2D eigenvalue weighted by atomic mass is 35.5. The van der Waals surface area contributed by atoms with Crippen LogP contribution in [0.1, 0.15) is 50.9 Å². The van der Waals surface area contributed by atoms with Crippen LogP contribution in [0.5, 0.6) is 0 Å². The maximum absolute atomic E-state index is 6.18. The SMILES string of the molecule is CC1CCCCCC1n1c(CCl)nc2ccc(Cl)cc21. The zero-order valence-corrected chi connectivity index (χ0v) is 13.3. The van der Waals surface area contributed by atoms with E-state index in [0.717, 1.165) is 21.9 Å². The highest BCUT2D eigenvalue weighted by Crippen LogP contribution is 2.36. The summed E-state index contributed by atoms with van der Waals surface area (Å²) in [7, 11) is 0. The number of hydrogen-bond donors (Lipinski definition) is 0. The number of halogens is 2. The van der Waals surface area contributed by atoms with Gasteiger partial charge in [-0.2, -0.15) is 0 Å². The summed E-state index contributed by atoms with van der Waals surface area (Å²) in [6.45, 7) is 2.35. The Morgan fingerprint density at radius 2 is 2.05 bits per heavy atom. The molecule has 2 aromatic rings. The fraction of sp³-hybridized carbons (Fsp3) is 0.562. The van der Waals surface area contributed by atoms with Crippen LogP contribution in [0.2, 0.25) is 5.02 Å². The van der Waals surface area contributed by atoms with Gasteiger partial charge in [-0.3, -0.25) is 0 Å². The van der Waals surface area contributed by atoms with Crippen molar-refractivity contribution in [2.45, 2.75) is 50.9 Å². The number of hydrogen-bond acceptors (Lipinski definition) is 1. The lowest BCUT2D eigenvalue weighted by atomic mass is 9.96. The van der Waals surface area contributed by atoms with E-state index in [-0.39, 0.29) is 0 Å². The van der Waals surface area contributed by atoms with Gasteiger partial charge in [0.15, 0.2) is 0 Å². The Balaban J connectivity index is 2.14. The van der Waals surface area contributed by atoms with Gasteiger partial charge in [0.25, 0.3) is 0 Å². The van der Waals surface area contributed by atoms with E-state index in [1.165, 1.54) is 32.1 Å². The van der Waals surface area contributed by atoms with Crippen LogP contribution in [0.4, 0.5) is 0 Å². The summed E-state index contributed by atoms with van der Waals surface area (Å²) in [5, 5.41) is 0.765. The van der Waals surface area contributed by atoms with Gasteiger partial charge >= 0.3 is 0 Å². The van der Waals surface area contributed by atoms with Gasteiger partial charge in [-0.25, -0.2) is 4.98 Å². The van der Waals surface area contributed by atoms with Crippen molar-refractivity contribution in [2.75, 3.05) is 0 Å². The van der Waals surface area contributed by atoms with E-state index >= 15 is 0 Å². The minimum Gasteiger partial charge on any atom is -0.324 e. The van der Waals surface area contributed by atoms with E-state index in [9.17, 15) is 0 Å². The average molecular weight is 311 g/mol. The van der Waals surface area contributed by atoms with Crippen LogP contribution in [0, 0.1) is 5.92 Å². The van der Waals surface area contributed by atoms with Crippen LogP contribution in [0.25, 0.3) is 11.0 Å². The molecule has 0 bridgehead atoms. The minimum absolute atomic E-state index is 0.454. The summed E-state index contributed by atoms with van der Waals surface area (Å²) < 4.78 is 2.35. The molecule has 0 N–H and O–H groups in total. The summed E-state index contributed by atoms with van der Waals surface area (Å²) in [5.41, 5.74) is 2.13. The molecule has 4 heteroatoms. The molecular formula is C16H20Cl2N2. The molecule has 0 amide bonds. The van der Waals surface area contributed by atoms with Crippen molar-refractivity contribution in [3.05, 3.63) is 29.0 Å². The zero-order chi connectivity index (χ0) is 14.1. The van der Waals surface area contributed by atoms with Crippen molar-refractivity contribution < 1.29 is 0 Å². The number of fused-ring (bicyclic) bond motifs is 1. The van der Waals surface area contributed by atoms with Gasteiger partial charge < -0.3 is 4.57 Å². The molecule has 0 spiro atoms. The van der Waals surface area contributed by atoms with Crippen LogP contribution < -0.4 is 0 Å². The number of nitrogens with zero attached hydrogens (tertiary/aromatic N) is 2. The van der Waals surface area contributed by atoms with E-state index in [2.05, 4.69) is 16.5 Å². The Morgan fingerprint density at radius 3 is 2.85 bits per heavy atom. The lowest BCUT2D eigenvalue weighted by Crippen LogP contribution is -2.18. The molecule has 1 aromatic carbocycles. The van der Waals surface area contributed by atoms with Crippen LogP contribution in [0.15, 0.2) is 18.2 Å². The summed E-state index contributed by atoms with van der Waals surface area (Å²) in [6, 6.07) is 6.41. The summed E-state index contributed by atoms with van der Waals surface area (Å²) in [5.74, 6) is 2.09. The maximum Gasteiger partial charge on any atom is 0.125 e. The van der Waals surface area contributed by atoms with Crippen molar-refractivity contribution in [2.24, 2.45) is 5.92 Å². The van der Waals surface area contributed by atoms with Crippen molar-refractivity contribution in [1.82, 2.24) is 9.55 Å². The van der Waals surface area contributed by atoms with Crippen molar-refractivity contribution >= 4 is 34.2 Å². The fourth-order valence-corrected chi connectivity index (χ4v) is 3.79. The molecule has 20 heavy (non-hydrogen) atoms. The monoisotopic (exact) mass is 310 g/mol. The molecule has 3 rings (SSSR count). The van der Waals surface area contributed by atoms with E-state index in [0.29, 0.717) is 17.8 Å². The van der Waals surface area contributed by atoms with Crippen molar-refractivity contribution in [3.63, 3.8) is 0 Å². The highest BCUT2D eigenvalue weighted by molar-refractivity contribution is 6.31. The average Bonchev–Trinajstić information content (AvgIpc) is 2.66. The third-order valence-electron chi connectivity index (χ3n) is 4.49. The van der Waals surface area contributed by atoms with Crippen LogP contribution in [-0.4, -0.2) is 9.55 Å². The predicted octanol–water partition coefficient (Wildman–Crippen LogP) is 5.57. The molecular weight excluding hydrogens is 291 g/mol. The number of imidazole rings is 1. The Labute approximate surface area is 130 Å². The second kappa shape index (κ2) is 5.95. The lowest BCUT2D eigenvalue weighted by molar-refractivity contribution is 0.335. The molecule has 1 aliphatic rings. The Kier molecular flexibility index (Phi) is 4.23. The second-order valence-corrected chi connectivity index (χ2v) is 6.55. The summed E-state index contributed by atoms with van der Waals surface area (Å²) in [6.07, 6.45) is 6.46. The van der Waals surface area contributed by atoms with E-state index in [1.54, 1.807) is 0 Å². The number of rotatable bonds is 2. The van der Waals surface area contributed by atoms with Gasteiger partial charge in [0.05, 0.1) is 16.9 Å². The second-order valence-electron chi connectivity index (χ2n) is 5.85. The largest absolute Gasteiger partial charge is 0.324 e. The Morgan fingerprint density at radius 1 is 1.25 bits per heavy atom. The van der Waals surface area contributed by atoms with Gasteiger partial charge in [-0.1, -0.05) is 37.8 Å². The first-order valence-corrected chi connectivity index (χ1v) is 8.34. The highest BCUT2D eigenvalue weighted by Gasteiger charge is 2.25. The smallest absolute Gasteiger partial charge is 0.125 e. The number of alkyl halides is 1. The van der Waals surface area contributed by atoms with Crippen LogP contribution in [0.3, 0.4) is 0 Å². The molecule has 1 saturated carbocycles. The predicted molar refractivity (Wildman–Crippen MR) is 85.6 cm³/mol. The minimum atomic E-state index is 0.454. The van der Waals surface area contributed by atoms with Gasteiger partial charge in [0.2, 0.25) is 0 Å². The summed E-state index contributed by atoms with van der Waals surface area (Å²) in [4.78, 5) is 4.68. The number of aromatic nitrogens is 2. The maximum atomic E-state index is 6.18. The topological polar surface area (TPSA) is 17.8 Å². The van der Waals surface area contributed by atoms with E-state index < -0.39 is 0 Å². The third-order valence-corrected chi connectivity index (χ3v) is 4.97. The fourth-order valence-electron chi connectivity index (χ4n) is 3.44. The molecule has 1 fully saturated rings. The molecule has 1 aromatic heterocycles. The molecule has 1 aliphatic carbocycles. The molecule has 2 atom stereocenters. The van der Waals surface area contributed by atoms with Crippen LogP contribution >= 0.6 is 23.2 Å². The van der Waals surface area contributed by atoms with Gasteiger partial charge in [-0.05, 0) is 37.0 Å². The molecule has 2 nitrogen and oxygen atoms in total. The molecule has 0 saturated heterocycles. The normalized spacial score (nSPS) is 23.9. The van der Waals surface area contributed by atoms with Crippen LogP contribution in [-0.2, 0) is 5.88 Å². The first-order chi connectivity index (χ1) is 9.70. The third kappa shape index (κ3) is 2.56. The quantitative estimate of drug-likeness (QED) is 0.523.